The van der Waals surface area contributed by atoms with E-state index in [0.717, 1.165) is 0 Å². The highest BCUT2D eigenvalue weighted by Gasteiger charge is 2.12. The highest BCUT2D eigenvalue weighted by atomic mass is 14.2. The van der Waals surface area contributed by atoms with Crippen LogP contribution in [0.4, 0.5) is 0 Å². The van der Waals surface area contributed by atoms with Crippen molar-refractivity contribution in [3.05, 3.63) is 371 Å². The summed E-state index contributed by atoms with van der Waals surface area (Å²) in [5.41, 5.74) is 23.3. The van der Waals surface area contributed by atoms with Gasteiger partial charge in [-0.25, -0.2) is 0 Å². The van der Waals surface area contributed by atoms with Crippen LogP contribution in [0.25, 0.3) is 131 Å². The van der Waals surface area contributed by atoms with Gasteiger partial charge < -0.3 is 0 Å². The molecule has 0 aliphatic heterocycles. The summed E-state index contributed by atoms with van der Waals surface area (Å²) >= 11 is 0. The smallest absolute Gasteiger partial charge is 0.00962 e. The van der Waals surface area contributed by atoms with Crippen LogP contribution < -0.4 is 0 Å². The fraction of sp³-hybridized carbons (Fsp3) is 0.104. The van der Waals surface area contributed by atoms with E-state index in [0.29, 0.717) is 0 Å². The lowest BCUT2D eigenvalue weighted by atomic mass is 9.92. The molecule has 0 radical (unpaired) electrons. The number of benzene rings is 17. The minimum atomic E-state index is 1.26. The van der Waals surface area contributed by atoms with E-state index >= 15 is 0 Å². The molecule has 17 aromatic rings. The van der Waals surface area contributed by atoms with E-state index < -0.39 is 0 Å². The highest BCUT2D eigenvalue weighted by Crippen LogP contribution is 2.38. The zero-order valence-electron chi connectivity index (χ0n) is 57.0. The van der Waals surface area contributed by atoms with Crippen molar-refractivity contribution < 1.29 is 0 Å². The molecular weight excluding hydrogens is 1150 g/mol. The molecular formula is C96H82. The first-order valence-corrected chi connectivity index (χ1v) is 33.7. The maximum Gasteiger partial charge on any atom is -0.00962 e. The summed E-state index contributed by atoms with van der Waals surface area (Å²) in [6.45, 7) is 21.5. The van der Waals surface area contributed by atoms with E-state index in [-0.39, 0.29) is 0 Å². The lowest BCUT2D eigenvalue weighted by Crippen LogP contribution is -1.85. The summed E-state index contributed by atoms with van der Waals surface area (Å²) in [7, 11) is 0. The molecule has 0 saturated heterocycles. The lowest BCUT2D eigenvalue weighted by molar-refractivity contribution is 1.46. The molecule has 0 atom stereocenters. The van der Waals surface area contributed by atoms with Gasteiger partial charge in [0.2, 0.25) is 0 Å². The third kappa shape index (κ3) is 13.9. The van der Waals surface area contributed by atoms with Crippen molar-refractivity contribution in [2.45, 2.75) is 69.2 Å². The van der Waals surface area contributed by atoms with Gasteiger partial charge in [0.25, 0.3) is 0 Å². The van der Waals surface area contributed by atoms with Crippen LogP contribution in [0.3, 0.4) is 0 Å². The van der Waals surface area contributed by atoms with Crippen molar-refractivity contribution >= 4 is 86.2 Å². The van der Waals surface area contributed by atoms with Gasteiger partial charge in [-0.15, -0.1) is 0 Å². The van der Waals surface area contributed by atoms with E-state index in [9.17, 15) is 0 Å². The molecule has 0 fully saturated rings. The minimum Gasteiger partial charge on any atom is -0.0616 e. The van der Waals surface area contributed by atoms with Crippen molar-refractivity contribution in [3.8, 4) is 44.5 Å². The largest absolute Gasteiger partial charge is 0.0616 e. The predicted octanol–water partition coefficient (Wildman–Crippen LogP) is 27.4. The van der Waals surface area contributed by atoms with E-state index in [1.807, 2.05) is 0 Å². The highest BCUT2D eigenvalue weighted by molar-refractivity contribution is 6.26. The lowest BCUT2D eigenvalue weighted by Gasteiger charge is -2.11. The van der Waals surface area contributed by atoms with Crippen LogP contribution in [-0.2, 0) is 0 Å². The van der Waals surface area contributed by atoms with Crippen LogP contribution in [0.5, 0.6) is 0 Å². The monoisotopic (exact) mass is 1230 g/mol. The minimum absolute atomic E-state index is 1.26. The van der Waals surface area contributed by atoms with E-state index in [2.05, 4.69) is 385 Å². The van der Waals surface area contributed by atoms with Gasteiger partial charge in [0.05, 0.1) is 0 Å². The molecule has 0 aliphatic carbocycles. The summed E-state index contributed by atoms with van der Waals surface area (Å²) in [5.74, 6) is 0. The Bertz CT molecular complexity index is 5290. The molecule has 96 heavy (non-hydrogen) atoms. The molecule has 0 saturated carbocycles. The van der Waals surface area contributed by atoms with Crippen LogP contribution in [0, 0.1) is 69.2 Å². The van der Waals surface area contributed by atoms with E-state index in [4.69, 9.17) is 0 Å². The summed E-state index contributed by atoms with van der Waals surface area (Å²) in [4.78, 5) is 0. The quantitative estimate of drug-likeness (QED) is 0.154. The molecule has 466 valence electrons. The molecule has 0 aliphatic rings. The molecule has 0 heteroatoms. The molecule has 17 rings (SSSR count). The van der Waals surface area contributed by atoms with Crippen LogP contribution in [0.2, 0.25) is 0 Å². The number of hydrogen-bond acceptors (Lipinski definition) is 0. The predicted molar refractivity (Wildman–Crippen MR) is 421 cm³/mol. The van der Waals surface area contributed by atoms with E-state index in [1.165, 1.54) is 186 Å². The number of rotatable bonds is 4. The second-order valence-electron chi connectivity index (χ2n) is 26.3. The Balaban J connectivity index is 0.000000109. The third-order valence-corrected chi connectivity index (χ3v) is 18.9. The Morgan fingerprint density at radius 3 is 0.646 bits per heavy atom. The second kappa shape index (κ2) is 28.2. The van der Waals surface area contributed by atoms with Crippen molar-refractivity contribution in [2.24, 2.45) is 0 Å². The maximum atomic E-state index is 2.31. The molecule has 17 aromatic carbocycles. The van der Waals surface area contributed by atoms with Crippen LogP contribution in [0.15, 0.2) is 315 Å². The summed E-state index contributed by atoms with van der Waals surface area (Å²) in [5, 5.41) is 21.7. The molecule has 0 bridgehead atoms. The Labute approximate surface area is 567 Å². The molecule has 0 unspecified atom stereocenters. The van der Waals surface area contributed by atoms with Crippen LogP contribution in [-0.4, -0.2) is 0 Å². The number of aryl methyl sites for hydroxylation is 10. The summed E-state index contributed by atoms with van der Waals surface area (Å²) in [6.07, 6.45) is 0. The SMILES string of the molecule is Cc1ccc(-c2ccc(-c3ccc(C)cc3)cc2)cc1.Cc1ccc2c3ccc(C)cc3c3ccccc3c2c1.Cc1ccc2c3ccccc3c3ccc(C)cc3c2c1.Cc1cccc(-c2cccc(-c3cccc(C)c3)c2)c1.Cc1cccc2c1ccc1c(C)cccc12. The van der Waals surface area contributed by atoms with E-state index in [1.54, 1.807) is 0 Å². The first-order chi connectivity index (χ1) is 46.7. The average molecular weight is 1240 g/mol. The van der Waals surface area contributed by atoms with Gasteiger partial charge in [0.1, 0.15) is 0 Å². The fourth-order valence-electron chi connectivity index (χ4n) is 13.7. The van der Waals surface area contributed by atoms with Gasteiger partial charge in [-0.3, -0.25) is 0 Å². The average Bonchev–Trinajstić information content (AvgIpc) is 0.756. The topological polar surface area (TPSA) is 0 Å². The maximum absolute atomic E-state index is 2.31. The van der Waals surface area contributed by atoms with Gasteiger partial charge in [0.15, 0.2) is 0 Å². The first kappa shape index (κ1) is 63.6. The van der Waals surface area contributed by atoms with Gasteiger partial charge in [0, 0.05) is 0 Å². The molecule has 0 amide bonds. The molecule has 0 aromatic heterocycles. The van der Waals surface area contributed by atoms with Crippen molar-refractivity contribution in [2.75, 3.05) is 0 Å². The fourth-order valence-corrected chi connectivity index (χ4v) is 13.7. The molecule has 0 nitrogen and oxygen atoms in total. The van der Waals surface area contributed by atoms with Gasteiger partial charge >= 0.3 is 0 Å². The van der Waals surface area contributed by atoms with Crippen LogP contribution >= 0.6 is 0 Å². The van der Waals surface area contributed by atoms with Gasteiger partial charge in [-0.1, -0.05) is 354 Å². The van der Waals surface area contributed by atoms with Crippen molar-refractivity contribution in [3.63, 3.8) is 0 Å². The number of hydrogen-bond donors (Lipinski definition) is 0. The Morgan fingerprint density at radius 1 is 0.115 bits per heavy atom. The van der Waals surface area contributed by atoms with Gasteiger partial charge in [-0.05, 0) is 217 Å². The first-order valence-electron chi connectivity index (χ1n) is 33.7. The van der Waals surface area contributed by atoms with Crippen molar-refractivity contribution in [1.82, 2.24) is 0 Å². The normalized spacial score (nSPS) is 11.0. The van der Waals surface area contributed by atoms with Gasteiger partial charge in [-0.2, -0.15) is 0 Å². The number of fused-ring (bicyclic) bond motifs is 15. The third-order valence-electron chi connectivity index (χ3n) is 18.9. The Hall–Kier alpha value is -11.2. The zero-order chi connectivity index (χ0) is 66.4. The summed E-state index contributed by atoms with van der Waals surface area (Å²) < 4.78 is 0. The zero-order valence-corrected chi connectivity index (χ0v) is 57.0. The molecule has 0 heterocycles. The molecule has 0 spiro atoms. The summed E-state index contributed by atoms with van der Waals surface area (Å²) in [6, 6.07) is 114. The Kier molecular flexibility index (Phi) is 18.7. The Morgan fingerprint density at radius 2 is 0.323 bits per heavy atom. The molecule has 0 N–H and O–H groups in total. The second-order valence-corrected chi connectivity index (χ2v) is 26.3. The van der Waals surface area contributed by atoms with Crippen molar-refractivity contribution in [1.29, 1.82) is 0 Å². The van der Waals surface area contributed by atoms with Crippen LogP contribution in [0.1, 0.15) is 55.6 Å². The standard InChI is InChI=1S/2C20H16.2C20H18.C16H14/c1-13-7-9-17-18-10-8-14(2)12-20(18)16-6-4-3-5-15(16)19(17)11-13;1-13-7-9-17-15-5-3-4-6-16(15)18-10-8-14(2)12-20(18)19(17)11-13;1-15-3-7-17(8-4-15)19-11-13-20(14-12-19)18-9-5-16(2)6-10-18;1-15-6-3-8-17(12-15)19-10-5-11-20(14-19)18-9-4-7-16(2)13-18;1-11-5-3-7-15-13(11)9-10-14-12(2)6-4-8-16(14)15/h2*3-12H,1-2H3;2*3-14H,1-2H3;3-10H,1-2H3.